The number of aromatic nitrogens is 4. The third-order valence-electron chi connectivity index (χ3n) is 6.02. The van der Waals surface area contributed by atoms with Crippen LogP contribution in [-0.4, -0.2) is 75.6 Å². The Morgan fingerprint density at radius 2 is 1.07 bits per heavy atom. The van der Waals surface area contributed by atoms with E-state index in [9.17, 15) is 19.2 Å². The highest BCUT2D eigenvalue weighted by atomic mass is 32.2. The third kappa shape index (κ3) is 8.82. The van der Waals surface area contributed by atoms with Crippen LogP contribution in [0.2, 0.25) is 0 Å². The van der Waals surface area contributed by atoms with E-state index in [2.05, 4.69) is 31.0 Å². The molecule has 0 radical (unpaired) electrons. The van der Waals surface area contributed by atoms with Crippen LogP contribution in [0.5, 0.6) is 0 Å². The molecular weight excluding hydrogens is 657 g/mol. The smallest absolute Gasteiger partial charge is 0.267 e. The Labute approximate surface area is 269 Å². The van der Waals surface area contributed by atoms with E-state index in [4.69, 9.17) is 24.4 Å². The first-order valence-electron chi connectivity index (χ1n) is 13.1. The van der Waals surface area contributed by atoms with Crippen molar-refractivity contribution in [2.24, 2.45) is 0 Å². The van der Waals surface area contributed by atoms with Gasteiger partial charge in [0.05, 0.1) is 9.81 Å². The summed E-state index contributed by atoms with van der Waals surface area (Å²) in [4.78, 5) is 54.1. The molecule has 4 rings (SSSR count). The van der Waals surface area contributed by atoms with Gasteiger partial charge in [-0.2, -0.15) is 0 Å². The number of aryl methyl sites for hydroxylation is 2. The van der Waals surface area contributed by atoms with Crippen molar-refractivity contribution >= 4 is 113 Å². The highest BCUT2D eigenvalue weighted by Crippen LogP contribution is 2.42. The molecule has 0 bridgehead atoms. The molecule has 2 aliphatic heterocycles. The summed E-state index contributed by atoms with van der Waals surface area (Å²) in [7, 11) is 0. The van der Waals surface area contributed by atoms with Gasteiger partial charge in [-0.15, -0.1) is 20.4 Å². The number of rotatable bonds is 14. The van der Waals surface area contributed by atoms with Crippen LogP contribution in [-0.2, 0) is 19.2 Å². The second kappa shape index (κ2) is 15.4. The Bertz CT molecular complexity index is 1320. The number of carbonyl (C=O) groups excluding carboxylic acids is 4. The molecular formula is C24H28N8O4S6. The number of hydrogen-bond donors (Lipinski definition) is 2. The number of thioether (sulfide) groups is 2. The Morgan fingerprint density at radius 3 is 1.43 bits per heavy atom. The van der Waals surface area contributed by atoms with Gasteiger partial charge in [0.15, 0.2) is 0 Å². The van der Waals surface area contributed by atoms with Crippen molar-refractivity contribution in [3.63, 3.8) is 0 Å². The van der Waals surface area contributed by atoms with Crippen LogP contribution in [0.3, 0.4) is 0 Å². The maximum absolute atomic E-state index is 13.1. The topological polar surface area (TPSA) is 150 Å². The summed E-state index contributed by atoms with van der Waals surface area (Å²) < 4.78 is 0.818. The number of thiocarbonyl (C=S) groups is 2. The molecule has 4 amide bonds. The van der Waals surface area contributed by atoms with Crippen molar-refractivity contribution in [2.75, 3.05) is 23.7 Å². The minimum atomic E-state index is -0.286. The summed E-state index contributed by atoms with van der Waals surface area (Å²) in [6.07, 6.45) is 4.82. The molecule has 18 heteroatoms. The molecule has 4 heterocycles. The van der Waals surface area contributed by atoms with Gasteiger partial charge in [0.2, 0.25) is 22.1 Å². The molecule has 2 saturated heterocycles. The minimum Gasteiger partial charge on any atom is -0.301 e. The molecule has 0 atom stereocenters. The van der Waals surface area contributed by atoms with Crippen LogP contribution in [0.1, 0.15) is 61.4 Å². The highest BCUT2D eigenvalue weighted by molar-refractivity contribution is 8.29. The number of amides is 4. The van der Waals surface area contributed by atoms with Gasteiger partial charge < -0.3 is 10.6 Å². The van der Waals surface area contributed by atoms with Crippen LogP contribution < -0.4 is 10.6 Å². The normalized spacial score (nSPS) is 17.1. The second-order valence-electron chi connectivity index (χ2n) is 9.28. The van der Waals surface area contributed by atoms with Gasteiger partial charge in [0.1, 0.15) is 18.7 Å². The average molecular weight is 685 g/mol. The predicted octanol–water partition coefficient (Wildman–Crippen LogP) is 4.64. The van der Waals surface area contributed by atoms with Crippen molar-refractivity contribution in [3.05, 3.63) is 19.8 Å². The molecule has 42 heavy (non-hydrogen) atoms. The summed E-state index contributed by atoms with van der Waals surface area (Å²) >= 11 is 15.8. The number of nitrogens with zero attached hydrogens (tertiary/aromatic N) is 6. The summed E-state index contributed by atoms with van der Waals surface area (Å²) in [5, 5.41) is 23.5. The third-order valence-corrected chi connectivity index (χ3v) is 10.6. The fourth-order valence-corrected chi connectivity index (χ4v) is 7.97. The lowest BCUT2D eigenvalue weighted by molar-refractivity contribution is -0.124. The molecule has 0 aromatic carbocycles. The zero-order chi connectivity index (χ0) is 30.2. The zero-order valence-electron chi connectivity index (χ0n) is 22.8. The van der Waals surface area contributed by atoms with E-state index in [0.29, 0.717) is 80.3 Å². The largest absolute Gasteiger partial charge is 0.301 e. The number of hydrogen-bond acceptors (Lipinski definition) is 14. The van der Waals surface area contributed by atoms with Gasteiger partial charge in [-0.05, 0) is 39.5 Å². The Morgan fingerprint density at radius 1 is 0.667 bits per heavy atom. The monoisotopic (exact) mass is 684 g/mol. The van der Waals surface area contributed by atoms with Crippen LogP contribution in [0, 0.1) is 13.8 Å². The molecule has 2 aromatic rings. The fraction of sp³-hybridized carbons (Fsp3) is 0.500. The maximum Gasteiger partial charge on any atom is 0.267 e. The lowest BCUT2D eigenvalue weighted by Gasteiger charge is -2.14. The molecule has 2 aliphatic rings. The van der Waals surface area contributed by atoms with Crippen molar-refractivity contribution in [2.45, 2.75) is 65.2 Å². The molecule has 2 fully saturated rings. The molecule has 2 aromatic heterocycles. The predicted molar refractivity (Wildman–Crippen MR) is 174 cm³/mol. The quantitative estimate of drug-likeness (QED) is 0.162. The Kier molecular flexibility index (Phi) is 11.9. The van der Waals surface area contributed by atoms with Crippen molar-refractivity contribution in [3.8, 4) is 0 Å². The van der Waals surface area contributed by atoms with E-state index in [-0.39, 0.29) is 23.6 Å². The molecule has 2 N–H and O–H groups in total. The average Bonchev–Trinajstić information content (AvgIpc) is 3.68. The van der Waals surface area contributed by atoms with Crippen molar-refractivity contribution in [1.29, 1.82) is 0 Å². The lowest BCUT2D eigenvalue weighted by atomic mass is 10.2. The first kappa shape index (κ1) is 32.5. The van der Waals surface area contributed by atoms with Gasteiger partial charge in [0, 0.05) is 25.9 Å². The lowest BCUT2D eigenvalue weighted by Crippen LogP contribution is -2.31. The van der Waals surface area contributed by atoms with E-state index in [1.54, 1.807) is 0 Å². The van der Waals surface area contributed by atoms with Gasteiger partial charge >= 0.3 is 0 Å². The highest BCUT2D eigenvalue weighted by Gasteiger charge is 2.41. The summed E-state index contributed by atoms with van der Waals surface area (Å²) in [5.74, 6) is -0.814. The number of unbranched alkanes of at least 4 members (excludes halogenated alkanes) is 4. The van der Waals surface area contributed by atoms with E-state index < -0.39 is 0 Å². The number of carbonyl (C=O) groups is 4. The van der Waals surface area contributed by atoms with E-state index in [1.165, 1.54) is 32.5 Å². The fourth-order valence-electron chi connectivity index (χ4n) is 3.98. The van der Waals surface area contributed by atoms with E-state index in [0.717, 1.165) is 46.4 Å². The Hall–Kier alpha value is -2.38. The van der Waals surface area contributed by atoms with Crippen LogP contribution in [0.4, 0.5) is 10.3 Å². The van der Waals surface area contributed by atoms with Crippen LogP contribution >= 0.6 is 70.6 Å². The standard InChI is InChI=1S/C24H28N8O4S6/c1-13-27-29-21(39-13)25-15(33)9-5-3-7-11-31-19(35)17(41-23(31)37)18-20(36)32(24(38)42-18)12-8-4-6-10-16(34)26-22-30-28-14(2)40-22/h3-12H2,1-2H3,(H,25,29,33)(H,26,30,34). The maximum atomic E-state index is 13.1. The molecule has 0 aliphatic carbocycles. The first-order valence-corrected chi connectivity index (χ1v) is 17.2. The van der Waals surface area contributed by atoms with E-state index in [1.807, 2.05) is 13.8 Å². The number of anilines is 2. The summed E-state index contributed by atoms with van der Waals surface area (Å²) in [5.41, 5.74) is 0. The van der Waals surface area contributed by atoms with Crippen molar-refractivity contribution < 1.29 is 19.2 Å². The molecule has 12 nitrogen and oxygen atoms in total. The first-order chi connectivity index (χ1) is 20.1. The van der Waals surface area contributed by atoms with Crippen LogP contribution in [0.15, 0.2) is 9.81 Å². The second-order valence-corrected chi connectivity index (χ2v) is 14.9. The molecule has 0 spiro atoms. The molecule has 0 saturated carbocycles. The molecule has 224 valence electrons. The Balaban J connectivity index is 1.17. The summed E-state index contributed by atoms with van der Waals surface area (Å²) in [6.45, 7) is 4.47. The van der Waals surface area contributed by atoms with Gasteiger partial charge in [0.25, 0.3) is 11.8 Å². The summed E-state index contributed by atoms with van der Waals surface area (Å²) in [6, 6.07) is 0. The van der Waals surface area contributed by atoms with Gasteiger partial charge in [-0.1, -0.05) is 83.5 Å². The number of nitrogens with one attached hydrogen (secondary N) is 2. The van der Waals surface area contributed by atoms with E-state index >= 15 is 0 Å². The van der Waals surface area contributed by atoms with Crippen molar-refractivity contribution in [1.82, 2.24) is 30.2 Å². The van der Waals surface area contributed by atoms with Gasteiger partial charge in [-0.3, -0.25) is 29.0 Å². The van der Waals surface area contributed by atoms with Gasteiger partial charge in [-0.25, -0.2) is 0 Å². The molecule has 0 unspecified atom stereocenters. The minimum absolute atomic E-state index is 0.121. The van der Waals surface area contributed by atoms with Crippen LogP contribution in [0.25, 0.3) is 0 Å². The SMILES string of the molecule is Cc1nnc(NC(=O)CCCCCN2C(=O)C(=C3SC(=S)N(CCCCCC(=O)Nc4nnc(C)s4)C3=O)SC2=S)s1. The zero-order valence-corrected chi connectivity index (χ0v) is 27.7.